The number of benzene rings is 3. The molecular formula is C26H25N3O3S2. The van der Waals surface area contributed by atoms with Crippen LogP contribution in [0.25, 0.3) is 16.6 Å². The van der Waals surface area contributed by atoms with Crippen molar-refractivity contribution in [3.63, 3.8) is 0 Å². The molecule has 0 aliphatic carbocycles. The number of para-hydroxylation sites is 1. The molecule has 174 valence electrons. The lowest BCUT2D eigenvalue weighted by Crippen LogP contribution is -2.28. The van der Waals surface area contributed by atoms with E-state index in [1.165, 1.54) is 26.2 Å². The molecule has 0 radical (unpaired) electrons. The van der Waals surface area contributed by atoms with E-state index in [0.717, 1.165) is 18.4 Å². The van der Waals surface area contributed by atoms with E-state index in [-0.39, 0.29) is 10.5 Å². The zero-order valence-electron chi connectivity index (χ0n) is 18.8. The standard InChI is InChI=1S/C26H25N3O3S2/c1-19-9-2-3-10-20(19)18-33-26-27-24-14-5-4-13-23(24)25(30)29(26)21-11-8-12-22(17-21)34(31,32)28-15-6-7-16-28/h2-5,8-14,17H,6-7,15-16,18H2,1H3. The van der Waals surface area contributed by atoms with Crippen LogP contribution in [0.1, 0.15) is 24.0 Å². The number of aryl methyl sites for hydroxylation is 1. The summed E-state index contributed by atoms with van der Waals surface area (Å²) < 4.78 is 29.4. The summed E-state index contributed by atoms with van der Waals surface area (Å²) in [7, 11) is -3.61. The fraction of sp³-hybridized carbons (Fsp3) is 0.231. The second kappa shape index (κ2) is 9.37. The van der Waals surface area contributed by atoms with E-state index in [1.807, 2.05) is 30.3 Å². The number of thioether (sulfide) groups is 1. The molecule has 34 heavy (non-hydrogen) atoms. The highest BCUT2D eigenvalue weighted by Crippen LogP contribution is 2.28. The second-order valence-corrected chi connectivity index (χ2v) is 11.3. The van der Waals surface area contributed by atoms with Gasteiger partial charge in [0, 0.05) is 18.8 Å². The van der Waals surface area contributed by atoms with E-state index >= 15 is 0 Å². The van der Waals surface area contributed by atoms with E-state index in [2.05, 4.69) is 19.1 Å². The number of aromatic nitrogens is 2. The van der Waals surface area contributed by atoms with Crippen LogP contribution in [0.2, 0.25) is 0 Å². The van der Waals surface area contributed by atoms with Crippen molar-refractivity contribution < 1.29 is 8.42 Å². The molecule has 0 N–H and O–H groups in total. The van der Waals surface area contributed by atoms with Gasteiger partial charge in [-0.3, -0.25) is 9.36 Å². The first kappa shape index (κ1) is 22.8. The molecule has 4 aromatic rings. The summed E-state index contributed by atoms with van der Waals surface area (Å²) in [6, 6.07) is 22.0. The molecule has 0 bridgehead atoms. The first-order valence-corrected chi connectivity index (χ1v) is 13.7. The number of sulfonamides is 1. The number of hydrogen-bond acceptors (Lipinski definition) is 5. The van der Waals surface area contributed by atoms with Gasteiger partial charge >= 0.3 is 0 Å². The minimum atomic E-state index is -3.61. The SMILES string of the molecule is Cc1ccccc1CSc1nc2ccccc2c(=O)n1-c1cccc(S(=O)(=O)N2CCCC2)c1. The number of nitrogens with zero attached hydrogens (tertiary/aromatic N) is 3. The summed E-state index contributed by atoms with van der Waals surface area (Å²) >= 11 is 1.47. The number of fused-ring (bicyclic) bond motifs is 1. The van der Waals surface area contributed by atoms with Crippen molar-refractivity contribution in [1.82, 2.24) is 13.9 Å². The van der Waals surface area contributed by atoms with Gasteiger partial charge in [0.1, 0.15) is 0 Å². The van der Waals surface area contributed by atoms with Gasteiger partial charge < -0.3 is 0 Å². The van der Waals surface area contributed by atoms with Crippen molar-refractivity contribution in [2.75, 3.05) is 13.1 Å². The van der Waals surface area contributed by atoms with Gasteiger partial charge in [-0.2, -0.15) is 4.31 Å². The molecule has 1 saturated heterocycles. The smallest absolute Gasteiger partial charge is 0.266 e. The van der Waals surface area contributed by atoms with Crippen LogP contribution in [0, 0.1) is 6.92 Å². The number of rotatable bonds is 6. The predicted octanol–water partition coefficient (Wildman–Crippen LogP) is 4.77. The molecule has 5 rings (SSSR count). The summed E-state index contributed by atoms with van der Waals surface area (Å²) in [4.78, 5) is 18.6. The third-order valence-corrected chi connectivity index (χ3v) is 9.02. The minimum Gasteiger partial charge on any atom is -0.268 e. The zero-order valence-corrected chi connectivity index (χ0v) is 20.5. The fourth-order valence-corrected chi connectivity index (χ4v) is 6.86. The normalized spacial score (nSPS) is 14.6. The average molecular weight is 492 g/mol. The van der Waals surface area contributed by atoms with Gasteiger partial charge in [-0.15, -0.1) is 0 Å². The van der Waals surface area contributed by atoms with Crippen molar-refractivity contribution in [2.24, 2.45) is 0 Å². The van der Waals surface area contributed by atoms with Crippen molar-refractivity contribution in [1.29, 1.82) is 0 Å². The molecule has 8 heteroatoms. The minimum absolute atomic E-state index is 0.196. The molecule has 0 saturated carbocycles. The molecule has 1 aliphatic rings. The Kier molecular flexibility index (Phi) is 6.29. The first-order valence-electron chi connectivity index (χ1n) is 11.2. The summed E-state index contributed by atoms with van der Waals surface area (Å²) in [6.07, 6.45) is 1.74. The van der Waals surface area contributed by atoms with Gasteiger partial charge in [0.15, 0.2) is 5.16 Å². The third kappa shape index (κ3) is 4.29. The molecule has 0 amide bonds. The van der Waals surface area contributed by atoms with Gasteiger partial charge in [-0.05, 0) is 61.2 Å². The van der Waals surface area contributed by atoms with Gasteiger partial charge in [0.2, 0.25) is 10.0 Å². The second-order valence-electron chi connectivity index (χ2n) is 8.38. The average Bonchev–Trinajstić information content (AvgIpc) is 3.40. The van der Waals surface area contributed by atoms with Crippen molar-refractivity contribution in [3.8, 4) is 5.69 Å². The Labute approximate surface area is 203 Å². The Bertz CT molecular complexity index is 1520. The highest BCUT2D eigenvalue weighted by molar-refractivity contribution is 7.98. The summed E-state index contributed by atoms with van der Waals surface area (Å²) in [5.41, 5.74) is 3.23. The van der Waals surface area contributed by atoms with Crippen LogP contribution in [0.15, 0.2) is 87.6 Å². The largest absolute Gasteiger partial charge is 0.268 e. The lowest BCUT2D eigenvalue weighted by atomic mass is 10.1. The summed E-state index contributed by atoms with van der Waals surface area (Å²) in [5, 5.41) is 1.03. The van der Waals surface area contributed by atoms with Gasteiger partial charge in [0.25, 0.3) is 5.56 Å². The monoisotopic (exact) mass is 491 g/mol. The van der Waals surface area contributed by atoms with E-state index in [4.69, 9.17) is 4.98 Å². The molecule has 0 unspecified atom stereocenters. The summed E-state index contributed by atoms with van der Waals surface area (Å²) in [6.45, 7) is 3.12. The highest BCUT2D eigenvalue weighted by atomic mass is 32.2. The molecule has 2 heterocycles. The molecule has 3 aromatic carbocycles. The quantitative estimate of drug-likeness (QED) is 0.287. The molecule has 0 spiro atoms. The fourth-order valence-electron chi connectivity index (χ4n) is 4.21. The van der Waals surface area contributed by atoms with E-state index < -0.39 is 10.0 Å². The van der Waals surface area contributed by atoms with Crippen LogP contribution in [0.3, 0.4) is 0 Å². The van der Waals surface area contributed by atoms with E-state index in [1.54, 1.807) is 30.3 Å². The Morgan fingerprint density at radius 1 is 0.941 bits per heavy atom. The maximum Gasteiger partial charge on any atom is 0.266 e. The third-order valence-electron chi connectivity index (χ3n) is 6.14. The first-order chi connectivity index (χ1) is 16.4. The molecule has 1 aliphatic heterocycles. The molecule has 1 fully saturated rings. The van der Waals surface area contributed by atoms with Crippen LogP contribution in [-0.2, 0) is 15.8 Å². The molecule has 1 aromatic heterocycles. The Morgan fingerprint density at radius 2 is 1.68 bits per heavy atom. The Morgan fingerprint density at radius 3 is 2.47 bits per heavy atom. The maximum atomic E-state index is 13.6. The molecular weight excluding hydrogens is 466 g/mol. The van der Waals surface area contributed by atoms with Crippen LogP contribution < -0.4 is 5.56 Å². The molecule has 6 nitrogen and oxygen atoms in total. The van der Waals surface area contributed by atoms with Gasteiger partial charge in [-0.25, -0.2) is 13.4 Å². The Balaban J connectivity index is 1.62. The van der Waals surface area contributed by atoms with Crippen LogP contribution >= 0.6 is 11.8 Å². The van der Waals surface area contributed by atoms with Gasteiger partial charge in [-0.1, -0.05) is 54.2 Å². The lowest BCUT2D eigenvalue weighted by molar-refractivity contribution is 0.477. The van der Waals surface area contributed by atoms with Crippen molar-refractivity contribution in [2.45, 2.75) is 35.6 Å². The summed E-state index contributed by atoms with van der Waals surface area (Å²) in [5.74, 6) is 0.642. The lowest BCUT2D eigenvalue weighted by Gasteiger charge is -2.17. The highest BCUT2D eigenvalue weighted by Gasteiger charge is 2.27. The van der Waals surface area contributed by atoms with E-state index in [9.17, 15) is 13.2 Å². The van der Waals surface area contributed by atoms with Gasteiger partial charge in [0.05, 0.1) is 21.5 Å². The maximum absolute atomic E-state index is 13.6. The van der Waals surface area contributed by atoms with Crippen LogP contribution in [0.5, 0.6) is 0 Å². The zero-order chi connectivity index (χ0) is 23.7. The molecule has 0 atom stereocenters. The Hall–Kier alpha value is -2.94. The van der Waals surface area contributed by atoms with Crippen molar-refractivity contribution in [3.05, 3.63) is 94.3 Å². The topological polar surface area (TPSA) is 72.3 Å². The van der Waals surface area contributed by atoms with Crippen molar-refractivity contribution >= 4 is 32.7 Å². The predicted molar refractivity (Wildman–Crippen MR) is 136 cm³/mol. The van der Waals surface area contributed by atoms with Crippen LogP contribution in [-0.4, -0.2) is 35.4 Å². The van der Waals surface area contributed by atoms with Crippen LogP contribution in [0.4, 0.5) is 0 Å². The number of hydrogen-bond donors (Lipinski definition) is 0. The van der Waals surface area contributed by atoms with E-state index in [0.29, 0.717) is 40.6 Å².